The third-order valence-electron chi connectivity index (χ3n) is 5.43. The van der Waals surface area contributed by atoms with Crippen LogP contribution in [0.15, 0.2) is 42.5 Å². The van der Waals surface area contributed by atoms with Gasteiger partial charge in [-0.25, -0.2) is 4.39 Å². The van der Waals surface area contributed by atoms with Gasteiger partial charge in [0.1, 0.15) is 17.3 Å². The zero-order valence-electron chi connectivity index (χ0n) is 17.5. The van der Waals surface area contributed by atoms with Gasteiger partial charge in [-0.05, 0) is 36.8 Å². The summed E-state index contributed by atoms with van der Waals surface area (Å²) >= 11 is 0. The van der Waals surface area contributed by atoms with E-state index in [0.717, 1.165) is 12.0 Å². The van der Waals surface area contributed by atoms with Crippen LogP contribution < -0.4 is 14.8 Å². The molecule has 6 nitrogen and oxygen atoms in total. The monoisotopic (exact) mass is 414 g/mol. The molecule has 30 heavy (non-hydrogen) atoms. The smallest absolute Gasteiger partial charge is 0.256 e. The molecule has 1 saturated heterocycles. The van der Waals surface area contributed by atoms with E-state index in [9.17, 15) is 14.0 Å². The Morgan fingerprint density at radius 1 is 1.13 bits per heavy atom. The van der Waals surface area contributed by atoms with E-state index < -0.39 is 17.6 Å². The number of nitrogens with zero attached hydrogens (tertiary/aromatic N) is 1. The SMILES string of the molecule is CCCNC(=O)[C@H]1CN(C(=O)c2ccccc2F)C[C@H]1c1cc(OC)ccc1OC. The Balaban J connectivity index is 1.96. The molecule has 160 valence electrons. The number of benzene rings is 2. The van der Waals surface area contributed by atoms with Gasteiger partial charge in [-0.2, -0.15) is 0 Å². The molecule has 2 aromatic rings. The van der Waals surface area contributed by atoms with Gasteiger partial charge >= 0.3 is 0 Å². The van der Waals surface area contributed by atoms with Crippen LogP contribution in [0.25, 0.3) is 0 Å². The van der Waals surface area contributed by atoms with Crippen molar-refractivity contribution in [3.63, 3.8) is 0 Å². The van der Waals surface area contributed by atoms with E-state index in [1.165, 1.54) is 17.0 Å². The minimum Gasteiger partial charge on any atom is -0.497 e. The van der Waals surface area contributed by atoms with Crippen LogP contribution in [-0.4, -0.2) is 50.6 Å². The Morgan fingerprint density at radius 2 is 1.90 bits per heavy atom. The van der Waals surface area contributed by atoms with Gasteiger partial charge in [-0.3, -0.25) is 9.59 Å². The van der Waals surface area contributed by atoms with Gasteiger partial charge in [0.15, 0.2) is 0 Å². The van der Waals surface area contributed by atoms with Crippen molar-refractivity contribution in [1.82, 2.24) is 10.2 Å². The average Bonchev–Trinajstić information content (AvgIpc) is 3.22. The van der Waals surface area contributed by atoms with Crippen LogP contribution in [0.5, 0.6) is 11.5 Å². The molecule has 0 spiro atoms. The number of carbonyl (C=O) groups is 2. The lowest BCUT2D eigenvalue weighted by Crippen LogP contribution is -2.36. The second-order valence-electron chi connectivity index (χ2n) is 7.30. The summed E-state index contributed by atoms with van der Waals surface area (Å²) in [5.41, 5.74) is 0.792. The van der Waals surface area contributed by atoms with Gasteiger partial charge in [-0.15, -0.1) is 0 Å². The van der Waals surface area contributed by atoms with Crippen molar-refractivity contribution < 1.29 is 23.5 Å². The molecule has 1 aliphatic heterocycles. The van der Waals surface area contributed by atoms with Crippen LogP contribution in [0.1, 0.15) is 35.2 Å². The van der Waals surface area contributed by atoms with E-state index in [0.29, 0.717) is 18.0 Å². The predicted molar refractivity (Wildman–Crippen MR) is 111 cm³/mol. The van der Waals surface area contributed by atoms with Crippen LogP contribution in [-0.2, 0) is 4.79 Å². The normalized spacial score (nSPS) is 18.2. The van der Waals surface area contributed by atoms with Crippen LogP contribution in [0.3, 0.4) is 0 Å². The molecule has 2 atom stereocenters. The predicted octanol–water partition coefficient (Wildman–Crippen LogP) is 3.22. The lowest BCUT2D eigenvalue weighted by Gasteiger charge is -2.21. The highest BCUT2D eigenvalue weighted by atomic mass is 19.1. The van der Waals surface area contributed by atoms with Crippen molar-refractivity contribution in [1.29, 1.82) is 0 Å². The van der Waals surface area contributed by atoms with Crippen molar-refractivity contribution in [2.24, 2.45) is 5.92 Å². The first-order valence-electron chi connectivity index (χ1n) is 10.0. The number of ether oxygens (including phenoxy) is 2. The Kier molecular flexibility index (Phi) is 6.92. The number of rotatable bonds is 7. The Hall–Kier alpha value is -3.09. The van der Waals surface area contributed by atoms with Gasteiger partial charge in [0.25, 0.3) is 5.91 Å². The van der Waals surface area contributed by atoms with Crippen molar-refractivity contribution in [3.8, 4) is 11.5 Å². The molecule has 1 fully saturated rings. The summed E-state index contributed by atoms with van der Waals surface area (Å²) in [5.74, 6) is -0.652. The first-order chi connectivity index (χ1) is 14.5. The van der Waals surface area contributed by atoms with Gasteiger partial charge in [0, 0.05) is 31.1 Å². The number of carbonyl (C=O) groups excluding carboxylic acids is 2. The van der Waals surface area contributed by atoms with E-state index in [1.807, 2.05) is 13.0 Å². The van der Waals surface area contributed by atoms with Crippen molar-refractivity contribution >= 4 is 11.8 Å². The molecule has 0 aromatic heterocycles. The maximum Gasteiger partial charge on any atom is 0.256 e. The van der Waals surface area contributed by atoms with Crippen molar-refractivity contribution in [2.75, 3.05) is 33.9 Å². The maximum atomic E-state index is 14.2. The van der Waals surface area contributed by atoms with E-state index in [-0.39, 0.29) is 30.5 Å². The van der Waals surface area contributed by atoms with Crippen LogP contribution in [0, 0.1) is 11.7 Å². The van der Waals surface area contributed by atoms with Crippen LogP contribution >= 0.6 is 0 Å². The first kappa shape index (κ1) is 21.6. The molecule has 0 radical (unpaired) electrons. The lowest BCUT2D eigenvalue weighted by atomic mass is 9.87. The summed E-state index contributed by atoms with van der Waals surface area (Å²) in [5, 5.41) is 2.93. The topological polar surface area (TPSA) is 67.9 Å². The summed E-state index contributed by atoms with van der Waals surface area (Å²) in [6.07, 6.45) is 0.809. The highest BCUT2D eigenvalue weighted by molar-refractivity contribution is 5.95. The molecule has 1 N–H and O–H groups in total. The maximum absolute atomic E-state index is 14.2. The molecular formula is C23H27FN2O4. The second-order valence-corrected chi connectivity index (χ2v) is 7.30. The zero-order chi connectivity index (χ0) is 21.7. The largest absolute Gasteiger partial charge is 0.497 e. The molecule has 7 heteroatoms. The van der Waals surface area contributed by atoms with E-state index >= 15 is 0 Å². The number of amides is 2. The molecule has 0 saturated carbocycles. The highest BCUT2D eigenvalue weighted by Gasteiger charge is 2.42. The van der Waals surface area contributed by atoms with Gasteiger partial charge in [0.2, 0.25) is 5.91 Å². The van der Waals surface area contributed by atoms with Gasteiger partial charge in [0.05, 0.1) is 25.7 Å². The number of nitrogens with one attached hydrogen (secondary N) is 1. The van der Waals surface area contributed by atoms with Crippen LogP contribution in [0.4, 0.5) is 4.39 Å². The quantitative estimate of drug-likeness (QED) is 0.755. The Labute approximate surface area is 176 Å². The summed E-state index contributed by atoms with van der Waals surface area (Å²) in [6.45, 7) is 3.01. The molecule has 2 aromatic carbocycles. The molecule has 3 rings (SSSR count). The van der Waals surface area contributed by atoms with Crippen molar-refractivity contribution in [2.45, 2.75) is 19.3 Å². The number of likely N-dealkylation sites (tertiary alicyclic amines) is 1. The summed E-state index contributed by atoms with van der Waals surface area (Å²) in [4.78, 5) is 27.5. The molecule has 0 bridgehead atoms. The molecule has 0 aliphatic carbocycles. The minimum absolute atomic E-state index is 0.00322. The van der Waals surface area contributed by atoms with Gasteiger partial charge in [-0.1, -0.05) is 19.1 Å². The van der Waals surface area contributed by atoms with E-state index in [2.05, 4.69) is 5.32 Å². The van der Waals surface area contributed by atoms with E-state index in [4.69, 9.17) is 9.47 Å². The van der Waals surface area contributed by atoms with E-state index in [1.54, 1.807) is 38.5 Å². The number of methoxy groups -OCH3 is 2. The minimum atomic E-state index is -0.572. The standard InChI is InChI=1S/C23H27FN2O4/c1-4-11-25-22(27)19-14-26(23(28)16-7-5-6-8-20(16)24)13-18(19)17-12-15(29-2)9-10-21(17)30-3/h5-10,12,18-19H,4,11,13-14H2,1-3H3,(H,25,27)/t18-,19-/m0/s1. The Morgan fingerprint density at radius 3 is 2.57 bits per heavy atom. The molecule has 1 heterocycles. The fourth-order valence-corrected chi connectivity index (χ4v) is 3.86. The molecule has 1 aliphatic rings. The molecule has 0 unspecified atom stereocenters. The molecule has 2 amide bonds. The summed E-state index contributed by atoms with van der Waals surface area (Å²) in [6, 6.07) is 11.3. The number of halogens is 1. The highest BCUT2D eigenvalue weighted by Crippen LogP contribution is 2.40. The lowest BCUT2D eigenvalue weighted by molar-refractivity contribution is -0.124. The first-order valence-corrected chi connectivity index (χ1v) is 10.0. The van der Waals surface area contributed by atoms with Crippen molar-refractivity contribution in [3.05, 3.63) is 59.4 Å². The molecular weight excluding hydrogens is 387 g/mol. The Bertz CT molecular complexity index is 918. The summed E-state index contributed by atoms with van der Waals surface area (Å²) < 4.78 is 25.1. The number of hydrogen-bond acceptors (Lipinski definition) is 4. The van der Waals surface area contributed by atoms with Crippen LogP contribution in [0.2, 0.25) is 0 Å². The third-order valence-corrected chi connectivity index (χ3v) is 5.43. The second kappa shape index (κ2) is 9.61. The third kappa shape index (κ3) is 4.40. The average molecular weight is 414 g/mol. The van der Waals surface area contributed by atoms with Gasteiger partial charge < -0.3 is 19.7 Å². The zero-order valence-corrected chi connectivity index (χ0v) is 17.5. The summed E-state index contributed by atoms with van der Waals surface area (Å²) in [7, 11) is 3.13. The fourth-order valence-electron chi connectivity index (χ4n) is 3.86. The fraction of sp³-hybridized carbons (Fsp3) is 0.391. The number of hydrogen-bond donors (Lipinski definition) is 1.